The summed E-state index contributed by atoms with van der Waals surface area (Å²) in [6.07, 6.45) is 1.93. The first kappa shape index (κ1) is 19.6. The van der Waals surface area contributed by atoms with Gasteiger partial charge >= 0.3 is 6.03 Å². The minimum absolute atomic E-state index is 0.152. The van der Waals surface area contributed by atoms with Crippen LogP contribution < -0.4 is 14.8 Å². The van der Waals surface area contributed by atoms with Gasteiger partial charge in [0.2, 0.25) is 0 Å². The van der Waals surface area contributed by atoms with E-state index in [4.69, 9.17) is 9.47 Å². The van der Waals surface area contributed by atoms with Crippen LogP contribution in [0.1, 0.15) is 37.8 Å². The Balaban J connectivity index is 1.42. The van der Waals surface area contributed by atoms with Crippen molar-refractivity contribution in [1.82, 2.24) is 10.2 Å². The SMILES string of the molecule is CC(C)(CNC(=O)N(Cc1ccccc1F)C1CC1)c1ccc2c(c1)OCCO2. The number of halogens is 1. The van der Waals surface area contributed by atoms with Crippen molar-refractivity contribution in [2.75, 3.05) is 19.8 Å². The number of ether oxygens (including phenoxy) is 2. The number of urea groups is 1. The zero-order valence-corrected chi connectivity index (χ0v) is 16.9. The highest BCUT2D eigenvalue weighted by atomic mass is 19.1. The molecule has 0 atom stereocenters. The van der Waals surface area contributed by atoms with Gasteiger partial charge in [0.15, 0.2) is 11.5 Å². The Bertz CT molecular complexity index is 895. The highest BCUT2D eigenvalue weighted by Crippen LogP contribution is 2.35. The molecule has 0 saturated heterocycles. The summed E-state index contributed by atoms with van der Waals surface area (Å²) in [6, 6.07) is 12.6. The normalized spacial score (nSPS) is 15.7. The first-order valence-corrected chi connectivity index (χ1v) is 10.1. The summed E-state index contributed by atoms with van der Waals surface area (Å²) in [4.78, 5) is 14.6. The molecule has 6 heteroatoms. The molecule has 1 aliphatic heterocycles. The minimum Gasteiger partial charge on any atom is -0.486 e. The van der Waals surface area contributed by atoms with Crippen LogP contribution in [0.2, 0.25) is 0 Å². The summed E-state index contributed by atoms with van der Waals surface area (Å²) >= 11 is 0. The number of fused-ring (bicyclic) bond motifs is 1. The maximum absolute atomic E-state index is 14.1. The Morgan fingerprint density at radius 3 is 2.59 bits per heavy atom. The number of rotatable bonds is 6. The third-order valence-corrected chi connectivity index (χ3v) is 5.55. The molecule has 1 N–H and O–H groups in total. The Morgan fingerprint density at radius 2 is 1.86 bits per heavy atom. The lowest BCUT2D eigenvalue weighted by molar-refractivity contribution is 0.171. The van der Waals surface area contributed by atoms with Crippen LogP contribution in [0.15, 0.2) is 42.5 Å². The standard InChI is InChI=1S/C23H27FN2O3/c1-23(2,17-7-10-20-21(13-17)29-12-11-28-20)15-25-22(27)26(18-8-9-18)14-16-5-3-4-6-19(16)24/h3-7,10,13,18H,8-9,11-12,14-15H2,1-2H3,(H,25,27). The Hall–Kier alpha value is -2.76. The second kappa shape index (κ2) is 7.93. The molecule has 2 aliphatic rings. The topological polar surface area (TPSA) is 50.8 Å². The van der Waals surface area contributed by atoms with E-state index in [9.17, 15) is 9.18 Å². The lowest BCUT2D eigenvalue weighted by Gasteiger charge is -2.30. The number of hydrogen-bond donors (Lipinski definition) is 1. The van der Waals surface area contributed by atoms with Gasteiger partial charge in [0.1, 0.15) is 19.0 Å². The molecule has 4 rings (SSSR count). The van der Waals surface area contributed by atoms with Crippen LogP contribution in [-0.2, 0) is 12.0 Å². The van der Waals surface area contributed by atoms with E-state index in [0.717, 1.165) is 29.9 Å². The molecule has 154 valence electrons. The number of hydrogen-bond acceptors (Lipinski definition) is 3. The summed E-state index contributed by atoms with van der Waals surface area (Å²) in [6.45, 7) is 6.01. The summed E-state index contributed by atoms with van der Waals surface area (Å²) in [7, 11) is 0. The van der Waals surface area contributed by atoms with Gasteiger partial charge in [0.05, 0.1) is 6.54 Å². The maximum atomic E-state index is 14.1. The molecule has 1 aliphatic carbocycles. The van der Waals surface area contributed by atoms with Gasteiger partial charge in [-0.2, -0.15) is 0 Å². The van der Waals surface area contributed by atoms with Gasteiger partial charge in [-0.15, -0.1) is 0 Å². The van der Waals surface area contributed by atoms with Crippen LogP contribution in [0, 0.1) is 5.82 Å². The molecule has 2 aromatic carbocycles. The molecule has 0 bridgehead atoms. The molecule has 0 spiro atoms. The van der Waals surface area contributed by atoms with E-state index in [2.05, 4.69) is 19.2 Å². The summed E-state index contributed by atoms with van der Waals surface area (Å²) in [5.74, 6) is 1.22. The summed E-state index contributed by atoms with van der Waals surface area (Å²) < 4.78 is 25.3. The van der Waals surface area contributed by atoms with Gasteiger partial charge in [0.25, 0.3) is 0 Å². The Morgan fingerprint density at radius 1 is 1.14 bits per heavy atom. The van der Waals surface area contributed by atoms with Gasteiger partial charge in [-0.05, 0) is 36.6 Å². The highest BCUT2D eigenvalue weighted by molar-refractivity contribution is 5.75. The van der Waals surface area contributed by atoms with Crippen molar-refractivity contribution in [3.8, 4) is 11.5 Å². The molecule has 2 aromatic rings. The predicted octanol–water partition coefficient (Wildman–Crippen LogP) is 4.25. The summed E-state index contributed by atoms with van der Waals surface area (Å²) in [5.41, 5.74) is 1.31. The molecule has 0 unspecified atom stereocenters. The number of nitrogens with one attached hydrogen (secondary N) is 1. The molecule has 29 heavy (non-hydrogen) atoms. The molecule has 1 heterocycles. The smallest absolute Gasteiger partial charge is 0.317 e. The fourth-order valence-corrected chi connectivity index (χ4v) is 3.53. The number of benzene rings is 2. The fraction of sp³-hybridized carbons (Fsp3) is 0.435. The van der Waals surface area contributed by atoms with Gasteiger partial charge in [0, 0.05) is 23.6 Å². The quantitative estimate of drug-likeness (QED) is 0.792. The van der Waals surface area contributed by atoms with E-state index in [0.29, 0.717) is 25.3 Å². The van der Waals surface area contributed by atoms with Crippen molar-refractivity contribution in [2.45, 2.75) is 44.7 Å². The van der Waals surface area contributed by atoms with Crippen LogP contribution in [0.25, 0.3) is 0 Å². The Kier molecular flexibility index (Phi) is 5.35. The maximum Gasteiger partial charge on any atom is 0.317 e. The zero-order chi connectivity index (χ0) is 20.4. The number of carbonyl (C=O) groups excluding carboxylic acids is 1. The number of amides is 2. The molecular weight excluding hydrogens is 371 g/mol. The van der Waals surface area contributed by atoms with E-state index < -0.39 is 0 Å². The van der Waals surface area contributed by atoms with Gasteiger partial charge in [-0.25, -0.2) is 9.18 Å². The molecule has 1 fully saturated rings. The van der Waals surface area contributed by atoms with Gasteiger partial charge in [-0.3, -0.25) is 0 Å². The first-order chi connectivity index (χ1) is 13.9. The van der Waals surface area contributed by atoms with E-state index in [-0.39, 0.29) is 29.8 Å². The minimum atomic E-state index is -0.293. The molecular formula is C23H27FN2O3. The van der Waals surface area contributed by atoms with Crippen molar-refractivity contribution in [2.24, 2.45) is 0 Å². The Labute approximate surface area is 170 Å². The average Bonchev–Trinajstić information content (AvgIpc) is 3.56. The predicted molar refractivity (Wildman–Crippen MR) is 109 cm³/mol. The lowest BCUT2D eigenvalue weighted by Crippen LogP contribution is -2.45. The van der Waals surface area contributed by atoms with E-state index >= 15 is 0 Å². The van der Waals surface area contributed by atoms with Crippen LogP contribution in [0.4, 0.5) is 9.18 Å². The number of carbonyl (C=O) groups is 1. The fourth-order valence-electron chi connectivity index (χ4n) is 3.53. The van der Waals surface area contributed by atoms with Crippen LogP contribution in [0.3, 0.4) is 0 Å². The van der Waals surface area contributed by atoms with Crippen molar-refractivity contribution >= 4 is 6.03 Å². The summed E-state index contributed by atoms with van der Waals surface area (Å²) in [5, 5.41) is 3.06. The largest absolute Gasteiger partial charge is 0.486 e. The molecule has 5 nitrogen and oxygen atoms in total. The number of nitrogens with zero attached hydrogens (tertiary/aromatic N) is 1. The molecule has 0 aromatic heterocycles. The average molecular weight is 398 g/mol. The van der Waals surface area contributed by atoms with Crippen LogP contribution >= 0.6 is 0 Å². The van der Waals surface area contributed by atoms with Gasteiger partial charge in [-0.1, -0.05) is 38.1 Å². The molecule has 2 amide bonds. The zero-order valence-electron chi connectivity index (χ0n) is 16.9. The van der Waals surface area contributed by atoms with E-state index in [1.54, 1.807) is 23.1 Å². The first-order valence-electron chi connectivity index (χ1n) is 10.1. The van der Waals surface area contributed by atoms with Gasteiger partial charge < -0.3 is 19.7 Å². The molecule has 1 saturated carbocycles. The second-order valence-electron chi connectivity index (χ2n) is 8.35. The van der Waals surface area contributed by atoms with Crippen molar-refractivity contribution in [1.29, 1.82) is 0 Å². The lowest BCUT2D eigenvalue weighted by atomic mass is 9.84. The third-order valence-electron chi connectivity index (χ3n) is 5.55. The van der Waals surface area contributed by atoms with E-state index in [1.165, 1.54) is 6.07 Å². The van der Waals surface area contributed by atoms with E-state index in [1.807, 2.05) is 18.2 Å². The van der Waals surface area contributed by atoms with Crippen molar-refractivity contribution < 1.29 is 18.7 Å². The van der Waals surface area contributed by atoms with Crippen LogP contribution in [-0.4, -0.2) is 36.7 Å². The second-order valence-corrected chi connectivity index (χ2v) is 8.35. The van der Waals surface area contributed by atoms with Crippen molar-refractivity contribution in [3.63, 3.8) is 0 Å². The monoisotopic (exact) mass is 398 g/mol. The third kappa shape index (κ3) is 4.47. The van der Waals surface area contributed by atoms with Crippen molar-refractivity contribution in [3.05, 3.63) is 59.4 Å². The molecule has 0 radical (unpaired) electrons. The van der Waals surface area contributed by atoms with Crippen LogP contribution in [0.5, 0.6) is 11.5 Å². The highest BCUT2D eigenvalue weighted by Gasteiger charge is 2.34.